The lowest BCUT2D eigenvalue weighted by Crippen LogP contribution is -2.08. The minimum atomic E-state index is 0.641. The van der Waals surface area contributed by atoms with E-state index in [9.17, 15) is 0 Å². The van der Waals surface area contributed by atoms with E-state index < -0.39 is 0 Å². The molecule has 0 amide bonds. The second-order valence-electron chi connectivity index (χ2n) is 6.93. The maximum absolute atomic E-state index is 4.61. The quantitative estimate of drug-likeness (QED) is 0.689. The Bertz CT molecular complexity index is 764. The molecule has 0 unspecified atom stereocenters. The number of nitrogens with one attached hydrogen (secondary N) is 2. The number of benzene rings is 1. The van der Waals surface area contributed by atoms with Crippen LogP contribution >= 0.6 is 0 Å². The van der Waals surface area contributed by atoms with E-state index in [2.05, 4.69) is 58.7 Å². The standard InChI is InChI=1S/C21H28N4/c1-15-9-10-19(13-16(15)2)24-21-23-17(3)14-20(25-21)22-12-11-18-7-5-4-6-8-18/h7,9-10,13-14H,4-6,8,11-12H2,1-3H3,(H2,22,23,24,25). The molecule has 1 aliphatic carbocycles. The van der Waals surface area contributed by atoms with Crippen LogP contribution in [0.25, 0.3) is 0 Å². The Hall–Kier alpha value is -2.36. The summed E-state index contributed by atoms with van der Waals surface area (Å²) in [6.45, 7) is 7.16. The van der Waals surface area contributed by atoms with E-state index >= 15 is 0 Å². The SMILES string of the molecule is Cc1cc(NCCC2=CCCCC2)nc(Nc2ccc(C)c(C)c2)n1. The van der Waals surface area contributed by atoms with Crippen molar-refractivity contribution in [1.82, 2.24) is 9.97 Å². The Labute approximate surface area is 150 Å². The first-order chi connectivity index (χ1) is 12.1. The van der Waals surface area contributed by atoms with Crippen LogP contribution in [0.5, 0.6) is 0 Å². The lowest BCUT2D eigenvalue weighted by atomic mass is 9.97. The topological polar surface area (TPSA) is 49.8 Å². The van der Waals surface area contributed by atoms with Gasteiger partial charge < -0.3 is 10.6 Å². The number of hydrogen-bond donors (Lipinski definition) is 2. The van der Waals surface area contributed by atoms with E-state index in [1.165, 1.54) is 36.8 Å². The van der Waals surface area contributed by atoms with Crippen LogP contribution in [-0.4, -0.2) is 16.5 Å². The second-order valence-corrected chi connectivity index (χ2v) is 6.93. The maximum Gasteiger partial charge on any atom is 0.229 e. The van der Waals surface area contributed by atoms with Gasteiger partial charge in [0.25, 0.3) is 0 Å². The third-order valence-electron chi connectivity index (χ3n) is 4.75. The highest BCUT2D eigenvalue weighted by Crippen LogP contribution is 2.21. The van der Waals surface area contributed by atoms with Crippen LogP contribution in [0.2, 0.25) is 0 Å². The maximum atomic E-state index is 4.61. The van der Waals surface area contributed by atoms with Gasteiger partial charge in [0.15, 0.2) is 0 Å². The average molecular weight is 336 g/mol. The monoisotopic (exact) mass is 336 g/mol. The number of hydrogen-bond acceptors (Lipinski definition) is 4. The van der Waals surface area contributed by atoms with Crippen molar-refractivity contribution < 1.29 is 0 Å². The molecule has 0 radical (unpaired) electrons. The van der Waals surface area contributed by atoms with Crippen LogP contribution in [-0.2, 0) is 0 Å². The van der Waals surface area contributed by atoms with Crippen LogP contribution in [0.1, 0.15) is 48.9 Å². The Morgan fingerprint density at radius 1 is 1.00 bits per heavy atom. The van der Waals surface area contributed by atoms with Crippen molar-refractivity contribution in [3.8, 4) is 0 Å². The summed E-state index contributed by atoms with van der Waals surface area (Å²) in [5.74, 6) is 1.53. The van der Waals surface area contributed by atoms with Gasteiger partial charge in [-0.15, -0.1) is 0 Å². The van der Waals surface area contributed by atoms with Crippen molar-refractivity contribution in [2.45, 2.75) is 52.9 Å². The van der Waals surface area contributed by atoms with Gasteiger partial charge in [0.2, 0.25) is 5.95 Å². The molecule has 132 valence electrons. The minimum Gasteiger partial charge on any atom is -0.370 e. The summed E-state index contributed by atoms with van der Waals surface area (Å²) in [6.07, 6.45) is 8.68. The molecule has 4 heteroatoms. The summed E-state index contributed by atoms with van der Waals surface area (Å²) in [7, 11) is 0. The van der Waals surface area contributed by atoms with Crippen molar-refractivity contribution in [2.24, 2.45) is 0 Å². The Morgan fingerprint density at radius 2 is 1.88 bits per heavy atom. The van der Waals surface area contributed by atoms with E-state index in [1.54, 1.807) is 5.57 Å². The fraction of sp³-hybridized carbons (Fsp3) is 0.429. The molecule has 0 fully saturated rings. The average Bonchev–Trinajstić information content (AvgIpc) is 2.59. The van der Waals surface area contributed by atoms with Crippen molar-refractivity contribution in [3.05, 3.63) is 52.7 Å². The summed E-state index contributed by atoms with van der Waals surface area (Å²) in [6, 6.07) is 8.31. The van der Waals surface area contributed by atoms with Gasteiger partial charge >= 0.3 is 0 Å². The first kappa shape index (κ1) is 17.5. The summed E-state index contributed by atoms with van der Waals surface area (Å²) < 4.78 is 0. The van der Waals surface area contributed by atoms with Crippen LogP contribution < -0.4 is 10.6 Å². The summed E-state index contributed by atoms with van der Waals surface area (Å²) in [5, 5.41) is 6.77. The predicted octanol–water partition coefficient (Wildman–Crippen LogP) is 5.45. The normalized spacial score (nSPS) is 14.1. The van der Waals surface area contributed by atoms with Gasteiger partial charge in [-0.2, -0.15) is 4.98 Å². The predicted molar refractivity (Wildman–Crippen MR) is 106 cm³/mol. The zero-order valence-electron chi connectivity index (χ0n) is 15.5. The first-order valence-corrected chi connectivity index (χ1v) is 9.22. The Morgan fingerprint density at radius 3 is 2.64 bits per heavy atom. The highest BCUT2D eigenvalue weighted by molar-refractivity contribution is 5.57. The van der Waals surface area contributed by atoms with E-state index in [-0.39, 0.29) is 0 Å². The van der Waals surface area contributed by atoms with Gasteiger partial charge in [0.05, 0.1) is 0 Å². The molecule has 1 heterocycles. The highest BCUT2D eigenvalue weighted by atomic mass is 15.1. The van der Waals surface area contributed by atoms with Crippen molar-refractivity contribution in [1.29, 1.82) is 0 Å². The molecule has 1 aromatic carbocycles. The summed E-state index contributed by atoms with van der Waals surface area (Å²) >= 11 is 0. The fourth-order valence-electron chi connectivity index (χ4n) is 3.15. The van der Waals surface area contributed by atoms with Gasteiger partial charge in [-0.3, -0.25) is 0 Å². The zero-order valence-corrected chi connectivity index (χ0v) is 15.5. The van der Waals surface area contributed by atoms with E-state index in [1.807, 2.05) is 13.0 Å². The molecular weight excluding hydrogens is 308 g/mol. The smallest absolute Gasteiger partial charge is 0.229 e. The molecule has 0 spiro atoms. The molecule has 1 aliphatic rings. The number of anilines is 3. The van der Waals surface area contributed by atoms with E-state index in [4.69, 9.17) is 0 Å². The molecule has 0 atom stereocenters. The molecule has 0 bridgehead atoms. The van der Waals surface area contributed by atoms with Crippen LogP contribution in [0.3, 0.4) is 0 Å². The summed E-state index contributed by atoms with van der Waals surface area (Å²) in [5.41, 5.74) is 6.11. The molecule has 3 rings (SSSR count). The van der Waals surface area contributed by atoms with Crippen molar-refractivity contribution in [3.63, 3.8) is 0 Å². The number of aryl methyl sites for hydroxylation is 3. The van der Waals surface area contributed by atoms with Gasteiger partial charge in [-0.25, -0.2) is 4.98 Å². The highest BCUT2D eigenvalue weighted by Gasteiger charge is 2.06. The third-order valence-corrected chi connectivity index (χ3v) is 4.75. The lowest BCUT2D eigenvalue weighted by Gasteiger charge is -2.14. The molecule has 1 aromatic heterocycles. The van der Waals surface area contributed by atoms with E-state index in [0.29, 0.717) is 5.95 Å². The second kappa shape index (κ2) is 8.15. The minimum absolute atomic E-state index is 0.641. The molecular formula is C21H28N4. The van der Waals surface area contributed by atoms with Gasteiger partial charge in [-0.05, 0) is 76.1 Å². The van der Waals surface area contributed by atoms with Crippen LogP contribution in [0.15, 0.2) is 35.9 Å². The number of allylic oxidation sites excluding steroid dienone is 1. The largest absolute Gasteiger partial charge is 0.370 e. The molecule has 4 nitrogen and oxygen atoms in total. The fourth-order valence-corrected chi connectivity index (χ4v) is 3.15. The zero-order chi connectivity index (χ0) is 17.6. The molecule has 0 saturated heterocycles. The Balaban J connectivity index is 1.63. The number of nitrogens with zero attached hydrogens (tertiary/aromatic N) is 2. The molecule has 0 saturated carbocycles. The van der Waals surface area contributed by atoms with Gasteiger partial charge in [0, 0.05) is 24.0 Å². The van der Waals surface area contributed by atoms with E-state index in [0.717, 1.165) is 30.2 Å². The summed E-state index contributed by atoms with van der Waals surface area (Å²) in [4.78, 5) is 9.12. The van der Waals surface area contributed by atoms with Crippen LogP contribution in [0, 0.1) is 20.8 Å². The Kier molecular flexibility index (Phi) is 5.69. The molecule has 25 heavy (non-hydrogen) atoms. The first-order valence-electron chi connectivity index (χ1n) is 9.22. The molecule has 2 N–H and O–H groups in total. The number of rotatable bonds is 6. The van der Waals surface area contributed by atoms with Crippen LogP contribution in [0.4, 0.5) is 17.5 Å². The van der Waals surface area contributed by atoms with Gasteiger partial charge in [-0.1, -0.05) is 17.7 Å². The van der Waals surface area contributed by atoms with Crippen molar-refractivity contribution in [2.75, 3.05) is 17.2 Å². The molecule has 0 aliphatic heterocycles. The van der Waals surface area contributed by atoms with Crippen molar-refractivity contribution >= 4 is 17.5 Å². The molecule has 2 aromatic rings. The lowest BCUT2D eigenvalue weighted by molar-refractivity contribution is 0.679. The third kappa shape index (κ3) is 5.05. The van der Waals surface area contributed by atoms with Gasteiger partial charge in [0.1, 0.15) is 5.82 Å². The number of aromatic nitrogens is 2.